The van der Waals surface area contributed by atoms with Crippen LogP contribution in [0.4, 0.5) is 0 Å². The second-order valence-corrected chi connectivity index (χ2v) is 5.43. The van der Waals surface area contributed by atoms with E-state index in [0.29, 0.717) is 6.54 Å². The van der Waals surface area contributed by atoms with Gasteiger partial charge in [-0.25, -0.2) is 0 Å². The van der Waals surface area contributed by atoms with Crippen molar-refractivity contribution in [2.45, 2.75) is 31.8 Å². The lowest BCUT2D eigenvalue weighted by Crippen LogP contribution is -2.45. The molecule has 1 N–H and O–H groups in total. The van der Waals surface area contributed by atoms with Crippen molar-refractivity contribution < 1.29 is 9.59 Å². The van der Waals surface area contributed by atoms with Crippen molar-refractivity contribution in [1.82, 2.24) is 10.2 Å². The normalized spacial score (nSPS) is 24.5. The number of carbonyl (C=O) groups excluding carboxylic acids is 2. The van der Waals surface area contributed by atoms with E-state index in [2.05, 4.69) is 5.32 Å². The minimum Gasteiger partial charge on any atom is -0.354 e. The molecule has 0 radical (unpaired) electrons. The lowest BCUT2D eigenvalue weighted by molar-refractivity contribution is -0.125. The van der Waals surface area contributed by atoms with Crippen LogP contribution in [0.2, 0.25) is 0 Å². The Kier molecular flexibility index (Phi) is 2.63. The Bertz CT molecular complexity index is 469. The second kappa shape index (κ2) is 4.14. The summed E-state index contributed by atoms with van der Waals surface area (Å²) in [5.74, 6) is 0.0306. The van der Waals surface area contributed by atoms with Gasteiger partial charge in [0.25, 0.3) is 5.91 Å². The van der Waals surface area contributed by atoms with Crippen LogP contribution >= 0.6 is 11.3 Å². The van der Waals surface area contributed by atoms with Crippen molar-refractivity contribution in [2.75, 3.05) is 6.54 Å². The smallest absolute Gasteiger partial charge is 0.265 e. The monoisotopic (exact) mass is 250 g/mol. The van der Waals surface area contributed by atoms with E-state index in [0.717, 1.165) is 36.2 Å². The molecule has 5 heteroatoms. The zero-order valence-corrected chi connectivity index (χ0v) is 10.3. The summed E-state index contributed by atoms with van der Waals surface area (Å²) in [6.45, 7) is 1.33. The molecule has 0 aromatic carbocycles. The first-order valence-electron chi connectivity index (χ1n) is 5.92. The lowest BCUT2D eigenvalue weighted by Gasteiger charge is -2.25. The van der Waals surface area contributed by atoms with Crippen LogP contribution in [0.1, 0.15) is 34.5 Å². The quantitative estimate of drug-likeness (QED) is 0.818. The summed E-state index contributed by atoms with van der Waals surface area (Å²) >= 11 is 1.47. The second-order valence-electron chi connectivity index (χ2n) is 4.51. The van der Waals surface area contributed by atoms with Gasteiger partial charge in [0.1, 0.15) is 6.04 Å². The molecule has 3 rings (SSSR count). The number of carbonyl (C=O) groups is 2. The fourth-order valence-electron chi connectivity index (χ4n) is 2.51. The van der Waals surface area contributed by atoms with E-state index < -0.39 is 0 Å². The number of thiophene rings is 1. The molecule has 0 spiro atoms. The number of nitrogens with zero attached hydrogens (tertiary/aromatic N) is 1. The number of rotatable bonds is 1. The van der Waals surface area contributed by atoms with Crippen LogP contribution in [0.25, 0.3) is 0 Å². The van der Waals surface area contributed by atoms with Crippen molar-refractivity contribution in [2.24, 2.45) is 0 Å². The van der Waals surface area contributed by atoms with Crippen LogP contribution in [-0.4, -0.2) is 29.3 Å². The van der Waals surface area contributed by atoms with E-state index in [1.54, 1.807) is 4.90 Å². The molecule has 2 aliphatic rings. The summed E-state index contributed by atoms with van der Waals surface area (Å²) in [6.07, 6.45) is 2.79. The molecule has 1 atom stereocenters. The average Bonchev–Trinajstić information content (AvgIpc) is 2.81. The van der Waals surface area contributed by atoms with Crippen LogP contribution in [0, 0.1) is 0 Å². The number of amides is 2. The third kappa shape index (κ3) is 1.74. The molecule has 4 nitrogen and oxygen atoms in total. The molecule has 2 amide bonds. The largest absolute Gasteiger partial charge is 0.354 e. The van der Waals surface area contributed by atoms with Gasteiger partial charge in [0.2, 0.25) is 5.91 Å². The summed E-state index contributed by atoms with van der Waals surface area (Å²) in [4.78, 5) is 26.6. The molecular weight excluding hydrogens is 236 g/mol. The molecule has 1 saturated heterocycles. The van der Waals surface area contributed by atoms with Gasteiger partial charge >= 0.3 is 0 Å². The average molecular weight is 250 g/mol. The van der Waals surface area contributed by atoms with E-state index in [9.17, 15) is 9.59 Å². The van der Waals surface area contributed by atoms with Crippen LogP contribution in [0.3, 0.4) is 0 Å². The highest BCUT2D eigenvalue weighted by molar-refractivity contribution is 7.12. The van der Waals surface area contributed by atoms with Gasteiger partial charge in [0.05, 0.1) is 4.88 Å². The van der Waals surface area contributed by atoms with Gasteiger partial charge in [-0.3, -0.25) is 9.59 Å². The molecule has 1 unspecified atom stereocenters. The maximum Gasteiger partial charge on any atom is 0.265 e. The minimum absolute atomic E-state index is 0.00556. The van der Waals surface area contributed by atoms with Crippen molar-refractivity contribution in [3.05, 3.63) is 21.9 Å². The Morgan fingerprint density at radius 2 is 2.24 bits per heavy atom. The number of hydrogen-bond acceptors (Lipinski definition) is 3. The molecule has 2 aliphatic heterocycles. The minimum atomic E-state index is -0.274. The van der Waals surface area contributed by atoms with Gasteiger partial charge in [-0.15, -0.1) is 11.3 Å². The molecule has 90 valence electrons. The zero-order chi connectivity index (χ0) is 11.8. The summed E-state index contributed by atoms with van der Waals surface area (Å²) < 4.78 is 0. The number of hydrogen-bond donors (Lipinski definition) is 1. The van der Waals surface area contributed by atoms with Gasteiger partial charge in [0.15, 0.2) is 0 Å². The predicted molar refractivity (Wildman–Crippen MR) is 64.8 cm³/mol. The summed E-state index contributed by atoms with van der Waals surface area (Å²) in [5.41, 5.74) is 1.07. The Balaban J connectivity index is 1.84. The molecule has 1 aromatic heterocycles. The fourth-order valence-corrected chi connectivity index (χ4v) is 3.38. The third-order valence-electron chi connectivity index (χ3n) is 3.43. The summed E-state index contributed by atoms with van der Waals surface area (Å²) in [7, 11) is 0. The highest BCUT2D eigenvalue weighted by Gasteiger charge is 2.37. The van der Waals surface area contributed by atoms with E-state index in [1.807, 2.05) is 11.4 Å². The van der Waals surface area contributed by atoms with Crippen molar-refractivity contribution in [3.63, 3.8) is 0 Å². The number of nitrogens with one attached hydrogen (secondary N) is 1. The molecule has 3 heterocycles. The standard InChI is InChI=1S/C12H14N2O2S/c15-11-9(3-1-2-5-13-11)14-7-8-4-6-17-10(8)12(14)16/h4,6,9H,1-3,5,7H2,(H,13,15). The Morgan fingerprint density at radius 3 is 3.06 bits per heavy atom. The Morgan fingerprint density at radius 1 is 1.35 bits per heavy atom. The Hall–Kier alpha value is -1.36. The van der Waals surface area contributed by atoms with Gasteiger partial charge in [0, 0.05) is 13.1 Å². The molecular formula is C12H14N2O2S. The van der Waals surface area contributed by atoms with Gasteiger partial charge in [-0.2, -0.15) is 0 Å². The van der Waals surface area contributed by atoms with Crippen LogP contribution in [0.5, 0.6) is 0 Å². The SMILES string of the molecule is O=C1NCCCCC1N1Cc2ccsc2C1=O. The topological polar surface area (TPSA) is 49.4 Å². The summed E-state index contributed by atoms with van der Waals surface area (Å²) in [5, 5.41) is 4.82. The maximum atomic E-state index is 12.2. The molecule has 1 fully saturated rings. The van der Waals surface area contributed by atoms with E-state index in [4.69, 9.17) is 0 Å². The van der Waals surface area contributed by atoms with E-state index in [1.165, 1.54) is 11.3 Å². The van der Waals surface area contributed by atoms with Gasteiger partial charge in [-0.1, -0.05) is 0 Å². The van der Waals surface area contributed by atoms with Crippen molar-refractivity contribution >= 4 is 23.2 Å². The van der Waals surface area contributed by atoms with Gasteiger partial charge in [-0.05, 0) is 36.3 Å². The fraction of sp³-hybridized carbons (Fsp3) is 0.500. The Labute approximate surface area is 104 Å². The zero-order valence-electron chi connectivity index (χ0n) is 9.44. The van der Waals surface area contributed by atoms with Crippen LogP contribution in [-0.2, 0) is 11.3 Å². The van der Waals surface area contributed by atoms with Crippen LogP contribution in [0.15, 0.2) is 11.4 Å². The van der Waals surface area contributed by atoms with E-state index in [-0.39, 0.29) is 17.9 Å². The first-order chi connectivity index (χ1) is 8.27. The van der Waals surface area contributed by atoms with E-state index >= 15 is 0 Å². The first kappa shape index (κ1) is 10.8. The van der Waals surface area contributed by atoms with Crippen molar-refractivity contribution in [3.8, 4) is 0 Å². The lowest BCUT2D eigenvalue weighted by atomic mass is 10.1. The van der Waals surface area contributed by atoms with Crippen LogP contribution < -0.4 is 5.32 Å². The van der Waals surface area contributed by atoms with Crippen molar-refractivity contribution in [1.29, 1.82) is 0 Å². The molecule has 0 aliphatic carbocycles. The highest BCUT2D eigenvalue weighted by atomic mass is 32.1. The summed E-state index contributed by atoms with van der Waals surface area (Å²) in [6, 6.07) is 1.71. The third-order valence-corrected chi connectivity index (χ3v) is 4.37. The maximum absolute atomic E-state index is 12.2. The molecule has 17 heavy (non-hydrogen) atoms. The number of fused-ring (bicyclic) bond motifs is 1. The first-order valence-corrected chi connectivity index (χ1v) is 6.80. The predicted octanol–water partition coefficient (Wildman–Crippen LogP) is 1.37. The van der Waals surface area contributed by atoms with Gasteiger partial charge < -0.3 is 10.2 Å². The molecule has 1 aromatic rings. The highest BCUT2D eigenvalue weighted by Crippen LogP contribution is 2.30. The molecule has 0 saturated carbocycles. The molecule has 0 bridgehead atoms.